The Labute approximate surface area is 119 Å². The molecule has 0 aliphatic rings. The van der Waals surface area contributed by atoms with E-state index in [0.29, 0.717) is 15.0 Å². The molecule has 2 rings (SSSR count). The summed E-state index contributed by atoms with van der Waals surface area (Å²) in [6.45, 7) is 0. The van der Waals surface area contributed by atoms with Crippen molar-refractivity contribution in [1.82, 2.24) is 0 Å². The summed E-state index contributed by atoms with van der Waals surface area (Å²) in [7, 11) is 0. The first-order chi connectivity index (χ1) is 8.85. The summed E-state index contributed by atoms with van der Waals surface area (Å²) < 4.78 is 1.37. The second-order valence-electron chi connectivity index (χ2n) is 3.65. The zero-order valence-electron chi connectivity index (χ0n) is 10.4. The van der Waals surface area contributed by atoms with E-state index in [1.165, 1.54) is 9.36 Å². The number of hydrogen-bond donors (Lipinski definition) is 0. The van der Waals surface area contributed by atoms with Crippen LogP contribution in [0.3, 0.4) is 0 Å². The van der Waals surface area contributed by atoms with E-state index in [9.17, 15) is 0 Å². The van der Waals surface area contributed by atoms with Gasteiger partial charge in [0.15, 0.2) is 0 Å². The van der Waals surface area contributed by atoms with Crippen molar-refractivity contribution in [2.75, 3.05) is 6.26 Å². The molecule has 0 bridgehead atoms. The van der Waals surface area contributed by atoms with Crippen molar-refractivity contribution in [3.8, 4) is 11.8 Å². The molecular weight excluding hydrogens is 303 g/mol. The van der Waals surface area contributed by atoms with Gasteiger partial charge < -0.3 is 0 Å². The van der Waals surface area contributed by atoms with Gasteiger partial charge in [0, 0.05) is 0 Å². The van der Waals surface area contributed by atoms with Gasteiger partial charge in [0.25, 0.3) is 0 Å². The predicted octanol–water partition coefficient (Wildman–Crippen LogP) is 3.19. The number of thioether (sulfide) groups is 1. The van der Waals surface area contributed by atoms with E-state index in [2.05, 4.69) is 66.4 Å². The van der Waals surface area contributed by atoms with Crippen LogP contribution in [0.5, 0.6) is 0 Å². The summed E-state index contributed by atoms with van der Waals surface area (Å²) in [5, 5.41) is 0. The Morgan fingerprint density at radius 1 is 0.889 bits per heavy atom. The maximum atomic E-state index is 3.31. The summed E-state index contributed by atoms with van der Waals surface area (Å²) in [5.41, 5.74) is 2.28. The van der Waals surface area contributed by atoms with Crippen LogP contribution < -0.4 is 4.46 Å². The van der Waals surface area contributed by atoms with E-state index in [4.69, 9.17) is 0 Å². The Morgan fingerprint density at radius 3 is 2.22 bits per heavy atom. The summed E-state index contributed by atoms with van der Waals surface area (Å²) >= 11 is 2.23. The molecule has 0 radical (unpaired) electrons. The van der Waals surface area contributed by atoms with Crippen molar-refractivity contribution in [2.45, 2.75) is 10.7 Å². The van der Waals surface area contributed by atoms with Crippen molar-refractivity contribution >= 4 is 31.2 Å². The minimum absolute atomic E-state index is 0.490. The van der Waals surface area contributed by atoms with E-state index in [-0.39, 0.29) is 0 Å². The van der Waals surface area contributed by atoms with Crippen molar-refractivity contribution in [3.05, 3.63) is 59.7 Å². The third-order valence-electron chi connectivity index (χ3n) is 2.55. The second-order valence-corrected chi connectivity index (χ2v) is 6.28. The molecule has 0 aliphatic heterocycles. The Morgan fingerprint density at radius 2 is 1.50 bits per heavy atom. The predicted molar refractivity (Wildman–Crippen MR) is 81.9 cm³/mol. The van der Waals surface area contributed by atoms with Crippen LogP contribution in [0.25, 0.3) is 0 Å². The zero-order valence-corrected chi connectivity index (χ0v) is 13.0. The summed E-state index contributed by atoms with van der Waals surface area (Å²) in [4.78, 5) is 1.24. The molecule has 18 heavy (non-hydrogen) atoms. The van der Waals surface area contributed by atoms with Gasteiger partial charge in [0.05, 0.1) is 0 Å². The normalized spacial score (nSPS) is 9.67. The molecule has 0 aromatic heterocycles. The second kappa shape index (κ2) is 6.71. The van der Waals surface area contributed by atoms with E-state index >= 15 is 0 Å². The molecule has 0 heterocycles. The van der Waals surface area contributed by atoms with E-state index in [1.54, 1.807) is 11.8 Å². The number of hydrogen-bond acceptors (Lipinski definition) is 1. The van der Waals surface area contributed by atoms with Gasteiger partial charge in [-0.1, -0.05) is 0 Å². The van der Waals surface area contributed by atoms with Crippen molar-refractivity contribution in [1.29, 1.82) is 0 Å². The van der Waals surface area contributed by atoms with E-state index in [0.717, 1.165) is 11.1 Å². The van der Waals surface area contributed by atoms with Crippen LogP contribution in [0.2, 0.25) is 5.82 Å². The monoisotopic (exact) mass is 318 g/mol. The van der Waals surface area contributed by atoms with Gasteiger partial charge >= 0.3 is 120 Å². The molecule has 0 unspecified atom stereocenters. The zero-order chi connectivity index (χ0) is 12.8. The van der Waals surface area contributed by atoms with Crippen LogP contribution in [-0.2, 0) is 0 Å². The molecule has 0 N–H and O–H groups in total. The Balaban J connectivity index is 2.37. The van der Waals surface area contributed by atoms with Crippen LogP contribution in [0, 0.1) is 11.8 Å². The molecule has 0 spiro atoms. The van der Waals surface area contributed by atoms with Gasteiger partial charge in [-0.25, -0.2) is 0 Å². The molecule has 0 fully saturated rings. The Bertz CT molecular complexity index is 542. The van der Waals surface area contributed by atoms with Crippen LogP contribution in [0.1, 0.15) is 11.1 Å². The third-order valence-corrected chi connectivity index (χ3v) is 5.01. The average molecular weight is 317 g/mol. The fourth-order valence-corrected chi connectivity index (χ4v) is 3.35. The Hall–Kier alpha value is -1.13. The standard InChI is InChI=1S/C16H14SSe/c1-17-15-9-5-3-7-13(15)11-12-14-8-4-6-10-16(14)18-2/h3-10H,1-2H3. The van der Waals surface area contributed by atoms with Gasteiger partial charge in [-0.2, -0.15) is 0 Å². The van der Waals surface area contributed by atoms with E-state index in [1.807, 2.05) is 6.07 Å². The van der Waals surface area contributed by atoms with Crippen LogP contribution in [0.15, 0.2) is 53.4 Å². The van der Waals surface area contributed by atoms with Gasteiger partial charge in [0.2, 0.25) is 0 Å². The molecule has 0 amide bonds. The average Bonchev–Trinajstić information content (AvgIpc) is 2.45. The Kier molecular flexibility index (Phi) is 4.96. The first kappa shape index (κ1) is 13.3. The fraction of sp³-hybridized carbons (Fsp3) is 0.125. The molecule has 2 aromatic rings. The van der Waals surface area contributed by atoms with Crippen LogP contribution in [0.4, 0.5) is 0 Å². The molecule has 0 saturated carbocycles. The van der Waals surface area contributed by atoms with E-state index < -0.39 is 0 Å². The summed E-state index contributed by atoms with van der Waals surface area (Å²) in [6, 6.07) is 16.7. The molecule has 0 nitrogen and oxygen atoms in total. The summed E-state index contributed by atoms with van der Waals surface area (Å²) in [6.07, 6.45) is 2.09. The molecule has 90 valence electrons. The van der Waals surface area contributed by atoms with Crippen molar-refractivity contribution in [3.63, 3.8) is 0 Å². The quantitative estimate of drug-likeness (QED) is 0.466. The van der Waals surface area contributed by atoms with Gasteiger partial charge in [0.1, 0.15) is 0 Å². The molecule has 0 atom stereocenters. The number of benzene rings is 2. The maximum absolute atomic E-state index is 3.31. The molecule has 0 saturated heterocycles. The first-order valence-corrected chi connectivity index (χ1v) is 9.42. The molecule has 0 aliphatic carbocycles. The third kappa shape index (κ3) is 3.21. The topological polar surface area (TPSA) is 0 Å². The summed E-state index contributed by atoms with van der Waals surface area (Å²) in [5.74, 6) is 8.83. The first-order valence-electron chi connectivity index (χ1n) is 5.63. The molecule has 2 aromatic carbocycles. The van der Waals surface area contributed by atoms with Crippen molar-refractivity contribution < 1.29 is 0 Å². The molecular formula is C16H14SSe. The van der Waals surface area contributed by atoms with Gasteiger partial charge in [-0.15, -0.1) is 0 Å². The number of rotatable bonds is 2. The van der Waals surface area contributed by atoms with Crippen LogP contribution in [-0.4, -0.2) is 21.2 Å². The van der Waals surface area contributed by atoms with Crippen molar-refractivity contribution in [2.24, 2.45) is 0 Å². The molecule has 2 heteroatoms. The fourth-order valence-electron chi connectivity index (χ4n) is 1.63. The van der Waals surface area contributed by atoms with Crippen LogP contribution >= 0.6 is 11.8 Å². The minimum atomic E-state index is 0.490. The van der Waals surface area contributed by atoms with Gasteiger partial charge in [-0.3, -0.25) is 0 Å². The SMILES string of the molecule is CSc1ccccc1C#Cc1ccccc1[Se]C. The van der Waals surface area contributed by atoms with Gasteiger partial charge in [-0.05, 0) is 0 Å².